The Morgan fingerprint density at radius 2 is 1.83 bits per heavy atom. The molecule has 0 aliphatic heterocycles. The lowest BCUT2D eigenvalue weighted by Gasteiger charge is -2.06. The first-order chi connectivity index (χ1) is 11.1. The van der Waals surface area contributed by atoms with Gasteiger partial charge in [-0.05, 0) is 11.1 Å². The van der Waals surface area contributed by atoms with Gasteiger partial charge in [0.1, 0.15) is 0 Å². The van der Waals surface area contributed by atoms with Crippen LogP contribution >= 0.6 is 11.8 Å². The van der Waals surface area contributed by atoms with Gasteiger partial charge in [0.25, 0.3) is 5.69 Å². The van der Waals surface area contributed by atoms with Gasteiger partial charge >= 0.3 is 0 Å². The van der Waals surface area contributed by atoms with Gasteiger partial charge in [0.2, 0.25) is 0 Å². The first kappa shape index (κ1) is 15.3. The summed E-state index contributed by atoms with van der Waals surface area (Å²) in [7, 11) is 1.99. The standard InChI is InChI=1S/C17H15N3O2S/c1-19-16(14-5-3-2-4-6-14)11-18-17(19)23-12-13-7-9-15(10-8-13)20(21)22/h2-11H,12H2,1H3. The van der Waals surface area contributed by atoms with E-state index < -0.39 is 0 Å². The lowest BCUT2D eigenvalue weighted by atomic mass is 10.2. The van der Waals surface area contributed by atoms with Crippen molar-refractivity contribution in [3.05, 3.63) is 76.5 Å². The predicted octanol–water partition coefficient (Wildman–Crippen LogP) is 4.29. The van der Waals surface area contributed by atoms with Gasteiger partial charge in [-0.15, -0.1) is 0 Å². The molecule has 5 nitrogen and oxygen atoms in total. The second-order valence-corrected chi connectivity index (χ2v) is 6.01. The van der Waals surface area contributed by atoms with E-state index in [2.05, 4.69) is 21.7 Å². The van der Waals surface area contributed by atoms with E-state index in [1.54, 1.807) is 23.9 Å². The Labute approximate surface area is 138 Å². The molecular weight excluding hydrogens is 310 g/mol. The van der Waals surface area contributed by atoms with Crippen LogP contribution < -0.4 is 0 Å². The summed E-state index contributed by atoms with van der Waals surface area (Å²) in [5, 5.41) is 11.6. The van der Waals surface area contributed by atoms with Crippen LogP contribution in [0.4, 0.5) is 5.69 Å². The Bertz CT molecular complexity index is 814. The Balaban J connectivity index is 1.72. The van der Waals surface area contributed by atoms with Crippen LogP contribution in [0.1, 0.15) is 5.56 Å². The minimum Gasteiger partial charge on any atom is -0.322 e. The first-order valence-electron chi connectivity index (χ1n) is 7.08. The van der Waals surface area contributed by atoms with Gasteiger partial charge < -0.3 is 4.57 Å². The summed E-state index contributed by atoms with van der Waals surface area (Å²) in [5.74, 6) is 0.719. The largest absolute Gasteiger partial charge is 0.322 e. The Morgan fingerprint density at radius 1 is 1.13 bits per heavy atom. The molecule has 0 saturated carbocycles. The Morgan fingerprint density at radius 3 is 2.48 bits per heavy atom. The molecule has 0 radical (unpaired) electrons. The zero-order valence-corrected chi connectivity index (χ0v) is 13.4. The number of nitro groups is 1. The molecule has 2 aromatic carbocycles. The van der Waals surface area contributed by atoms with Crippen molar-refractivity contribution in [2.24, 2.45) is 7.05 Å². The number of non-ortho nitro benzene ring substituents is 1. The molecule has 0 saturated heterocycles. The molecule has 0 bridgehead atoms. The van der Waals surface area contributed by atoms with E-state index in [0.29, 0.717) is 0 Å². The van der Waals surface area contributed by atoms with Crippen molar-refractivity contribution in [2.45, 2.75) is 10.9 Å². The van der Waals surface area contributed by atoms with Gasteiger partial charge in [0, 0.05) is 24.9 Å². The van der Waals surface area contributed by atoms with Crippen LogP contribution in [-0.2, 0) is 12.8 Å². The van der Waals surface area contributed by atoms with E-state index in [1.165, 1.54) is 12.1 Å². The zero-order chi connectivity index (χ0) is 16.2. The molecule has 1 heterocycles. The molecule has 3 rings (SSSR count). The minimum atomic E-state index is -0.387. The van der Waals surface area contributed by atoms with Gasteiger partial charge in [-0.25, -0.2) is 4.98 Å². The van der Waals surface area contributed by atoms with Crippen molar-refractivity contribution < 1.29 is 4.92 Å². The fourth-order valence-corrected chi connectivity index (χ4v) is 3.17. The lowest BCUT2D eigenvalue weighted by molar-refractivity contribution is -0.384. The molecule has 116 valence electrons. The quantitative estimate of drug-likeness (QED) is 0.399. The fraction of sp³-hybridized carbons (Fsp3) is 0.118. The molecule has 0 N–H and O–H groups in total. The third kappa shape index (κ3) is 3.43. The molecule has 0 atom stereocenters. The summed E-state index contributed by atoms with van der Waals surface area (Å²) in [6.45, 7) is 0. The molecular formula is C17H15N3O2S. The van der Waals surface area contributed by atoms with Crippen molar-refractivity contribution in [2.75, 3.05) is 0 Å². The van der Waals surface area contributed by atoms with Crippen LogP contribution in [-0.4, -0.2) is 14.5 Å². The van der Waals surface area contributed by atoms with Crippen molar-refractivity contribution in [1.29, 1.82) is 0 Å². The van der Waals surface area contributed by atoms with Gasteiger partial charge in [0.15, 0.2) is 5.16 Å². The van der Waals surface area contributed by atoms with Crippen molar-refractivity contribution in [3.8, 4) is 11.3 Å². The number of nitrogens with zero attached hydrogens (tertiary/aromatic N) is 3. The number of benzene rings is 2. The highest BCUT2D eigenvalue weighted by atomic mass is 32.2. The number of nitro benzene ring substituents is 1. The highest BCUT2D eigenvalue weighted by Crippen LogP contribution is 2.27. The number of hydrogen-bond acceptors (Lipinski definition) is 4. The Kier molecular flexibility index (Phi) is 4.43. The van der Waals surface area contributed by atoms with E-state index in [0.717, 1.165) is 27.7 Å². The zero-order valence-electron chi connectivity index (χ0n) is 12.5. The topological polar surface area (TPSA) is 61.0 Å². The van der Waals surface area contributed by atoms with Crippen LogP contribution in [0.15, 0.2) is 66.0 Å². The molecule has 23 heavy (non-hydrogen) atoms. The maximum atomic E-state index is 10.7. The molecule has 0 spiro atoms. The van der Waals surface area contributed by atoms with Crippen LogP contribution in [0, 0.1) is 10.1 Å². The predicted molar refractivity (Wildman–Crippen MR) is 91.3 cm³/mol. The Hall–Kier alpha value is -2.60. The first-order valence-corrected chi connectivity index (χ1v) is 8.07. The highest BCUT2D eigenvalue weighted by Gasteiger charge is 2.10. The summed E-state index contributed by atoms with van der Waals surface area (Å²) in [4.78, 5) is 14.7. The van der Waals surface area contributed by atoms with Gasteiger partial charge in [-0.3, -0.25) is 10.1 Å². The maximum Gasteiger partial charge on any atom is 0.269 e. The molecule has 0 aliphatic carbocycles. The van der Waals surface area contributed by atoms with Gasteiger partial charge in [-0.2, -0.15) is 0 Å². The fourth-order valence-electron chi connectivity index (χ4n) is 2.27. The molecule has 0 unspecified atom stereocenters. The summed E-state index contributed by atoms with van der Waals surface area (Å²) < 4.78 is 2.06. The second-order valence-electron chi connectivity index (χ2n) is 5.06. The number of hydrogen-bond donors (Lipinski definition) is 0. The SMILES string of the molecule is Cn1c(-c2ccccc2)cnc1SCc1ccc([N+](=O)[O-])cc1. The summed E-state index contributed by atoms with van der Waals surface area (Å²) >= 11 is 1.61. The summed E-state index contributed by atoms with van der Waals surface area (Å²) in [6, 6.07) is 16.7. The molecule has 0 fully saturated rings. The molecule has 0 amide bonds. The molecule has 6 heteroatoms. The van der Waals surface area contributed by atoms with Crippen molar-refractivity contribution >= 4 is 17.4 Å². The number of thioether (sulfide) groups is 1. The average molecular weight is 325 g/mol. The average Bonchev–Trinajstić information content (AvgIpc) is 2.95. The van der Waals surface area contributed by atoms with Crippen LogP contribution in [0.25, 0.3) is 11.3 Å². The monoisotopic (exact) mass is 325 g/mol. The van der Waals surface area contributed by atoms with Gasteiger partial charge in [0.05, 0.1) is 16.8 Å². The van der Waals surface area contributed by atoms with E-state index in [4.69, 9.17) is 0 Å². The van der Waals surface area contributed by atoms with Gasteiger partial charge in [-0.1, -0.05) is 54.2 Å². The summed E-state index contributed by atoms with van der Waals surface area (Å²) in [6.07, 6.45) is 1.87. The smallest absolute Gasteiger partial charge is 0.269 e. The summed E-state index contributed by atoms with van der Waals surface area (Å²) in [5.41, 5.74) is 3.34. The third-order valence-electron chi connectivity index (χ3n) is 3.53. The van der Waals surface area contributed by atoms with Crippen molar-refractivity contribution in [1.82, 2.24) is 9.55 Å². The second kappa shape index (κ2) is 6.66. The van der Waals surface area contributed by atoms with Crippen LogP contribution in [0.3, 0.4) is 0 Å². The molecule has 1 aromatic heterocycles. The van der Waals surface area contributed by atoms with Crippen LogP contribution in [0.5, 0.6) is 0 Å². The van der Waals surface area contributed by atoms with E-state index in [9.17, 15) is 10.1 Å². The highest BCUT2D eigenvalue weighted by molar-refractivity contribution is 7.98. The van der Waals surface area contributed by atoms with E-state index in [-0.39, 0.29) is 10.6 Å². The lowest BCUT2D eigenvalue weighted by Crippen LogP contribution is -1.94. The molecule has 3 aromatic rings. The number of imidazole rings is 1. The normalized spacial score (nSPS) is 10.7. The molecule has 0 aliphatic rings. The van der Waals surface area contributed by atoms with Crippen molar-refractivity contribution in [3.63, 3.8) is 0 Å². The van der Waals surface area contributed by atoms with E-state index >= 15 is 0 Å². The number of aromatic nitrogens is 2. The number of rotatable bonds is 5. The maximum absolute atomic E-state index is 10.7. The van der Waals surface area contributed by atoms with E-state index in [1.807, 2.05) is 31.4 Å². The van der Waals surface area contributed by atoms with Crippen LogP contribution in [0.2, 0.25) is 0 Å². The third-order valence-corrected chi connectivity index (χ3v) is 4.65. The minimum absolute atomic E-state index is 0.113.